The average molecular weight is 1340 g/mol. The van der Waals surface area contributed by atoms with Gasteiger partial charge in [0.1, 0.15) is 81.7 Å². The fourth-order valence-corrected chi connectivity index (χ4v) is 14.6. The highest BCUT2D eigenvalue weighted by atomic mass is 32.1. The molecule has 25 nitrogen and oxygen atoms in total. The van der Waals surface area contributed by atoms with Crippen LogP contribution in [0.3, 0.4) is 0 Å². The zero-order valence-corrected chi connectivity index (χ0v) is 55.2. The van der Waals surface area contributed by atoms with E-state index in [1.165, 1.54) is 66.4 Å². The van der Waals surface area contributed by atoms with Gasteiger partial charge in [0.25, 0.3) is 17.7 Å². The third kappa shape index (κ3) is 16.7. The van der Waals surface area contributed by atoms with Crippen molar-refractivity contribution in [3.63, 3.8) is 0 Å². The van der Waals surface area contributed by atoms with Crippen molar-refractivity contribution < 1.29 is 52.6 Å². The lowest BCUT2D eigenvalue weighted by Gasteiger charge is -2.26. The van der Waals surface area contributed by atoms with Crippen LogP contribution in [0.15, 0.2) is 64.0 Å². The molecule has 7 aromatic heterocycles. The van der Waals surface area contributed by atoms with Crippen molar-refractivity contribution in [2.24, 2.45) is 5.92 Å². The van der Waals surface area contributed by atoms with Crippen molar-refractivity contribution in [2.75, 3.05) is 32.6 Å². The van der Waals surface area contributed by atoms with Crippen LogP contribution < -0.4 is 37.2 Å². The summed E-state index contributed by atoms with van der Waals surface area (Å²) in [6.45, 7) is 11.8. The first-order valence-corrected chi connectivity index (χ1v) is 33.4. The number of carbonyl (C=O) groups is 8. The van der Waals surface area contributed by atoms with E-state index in [-0.39, 0.29) is 53.4 Å². The summed E-state index contributed by atoms with van der Waals surface area (Å²) < 4.78 is 16.7. The Labute approximate surface area is 541 Å². The standard InChI is InChI=1S/C59H64N14O11S6/c1-28(2)43-57-73-46(38(90-57)23-82-9)50(79)62-22-42(77)70-47(48(83-30(4)74)31-15-11-10-12-16-31)56-67-37(26-87-56)54-65-35(24-86-54)45-32(18-19-33(63-45)53-69-39(27-88-53)68-40(75)17-13-14-20-61-58(81)84-59(5,6)7)52-66-36(25-85-52)49(78)64-34(21-41(76)60-8)55-72-44(29(3)89-55)51(80)71-43/h10-12,15-16,18-19,24-28,34,43,47-48H,13-14,17,20-23H2,1-9H3,(H,60,76)(H,61,81)(H,62,79)(H,64,78)(H,68,75)(H,70,77)(H,71,80)/t34-,43-,47?,48-/m0/s1. The number of hydrogen-bond donors (Lipinski definition) is 7. The Morgan fingerprint density at radius 1 is 0.689 bits per heavy atom. The molecule has 0 fully saturated rings. The number of carbonyl (C=O) groups excluding carboxylic acids is 8. The molecule has 9 rings (SSSR count). The van der Waals surface area contributed by atoms with Crippen molar-refractivity contribution in [2.45, 2.75) is 111 Å². The molecule has 0 radical (unpaired) electrons. The smallest absolute Gasteiger partial charge is 0.407 e. The Morgan fingerprint density at radius 2 is 1.40 bits per heavy atom. The number of anilines is 1. The summed E-state index contributed by atoms with van der Waals surface area (Å²) in [6.07, 6.45) is -0.617. The maximum Gasteiger partial charge on any atom is 0.407 e. The van der Waals surface area contributed by atoms with Gasteiger partial charge in [-0.15, -0.1) is 68.0 Å². The number of ether oxygens (including phenoxy) is 3. The number of hydrogen-bond acceptors (Lipinski definition) is 24. The van der Waals surface area contributed by atoms with E-state index >= 15 is 0 Å². The molecule has 7 amide bonds. The maximum absolute atomic E-state index is 14.4. The van der Waals surface area contributed by atoms with Gasteiger partial charge in [-0.2, -0.15) is 0 Å². The Kier molecular flexibility index (Phi) is 21.7. The third-order valence-electron chi connectivity index (χ3n) is 13.3. The number of methoxy groups -OCH3 is 1. The van der Waals surface area contributed by atoms with Crippen LogP contribution in [0.1, 0.15) is 153 Å². The molecular weight excluding hydrogens is 1270 g/mol. The van der Waals surface area contributed by atoms with E-state index in [1.54, 1.807) is 91.7 Å². The molecule has 8 heterocycles. The summed E-state index contributed by atoms with van der Waals surface area (Å²) in [4.78, 5) is 143. The predicted octanol–water partition coefficient (Wildman–Crippen LogP) is 9.52. The highest BCUT2D eigenvalue weighted by molar-refractivity contribution is 7.15. The number of rotatable bonds is 15. The number of amides is 7. The fraction of sp³-hybridized carbons (Fsp3) is 0.373. The van der Waals surface area contributed by atoms with Crippen LogP contribution in [0.2, 0.25) is 0 Å². The van der Waals surface area contributed by atoms with Gasteiger partial charge in [0.15, 0.2) is 6.10 Å². The van der Waals surface area contributed by atoms with E-state index in [0.717, 1.165) is 22.7 Å². The van der Waals surface area contributed by atoms with Gasteiger partial charge in [-0.05, 0) is 64.2 Å². The second kappa shape index (κ2) is 29.5. The van der Waals surface area contributed by atoms with E-state index in [9.17, 15) is 38.4 Å². The lowest BCUT2D eigenvalue weighted by molar-refractivity contribution is -0.149. The van der Waals surface area contributed by atoms with Crippen LogP contribution in [-0.4, -0.2) is 115 Å². The molecule has 0 aliphatic carbocycles. The Bertz CT molecular complexity index is 3940. The number of alkyl carbamates (subject to hydrolysis) is 1. The third-order valence-corrected chi connectivity index (χ3v) is 19.0. The molecule has 472 valence electrons. The van der Waals surface area contributed by atoms with E-state index < -0.39 is 78.0 Å². The first kappa shape index (κ1) is 66.1. The molecule has 0 spiro atoms. The van der Waals surface area contributed by atoms with Crippen molar-refractivity contribution in [3.05, 3.63) is 111 Å². The van der Waals surface area contributed by atoms with Crippen LogP contribution in [0.4, 0.5) is 10.6 Å². The van der Waals surface area contributed by atoms with Crippen LogP contribution in [-0.2, 0) is 40.0 Å². The molecule has 10 bridgehead atoms. The van der Waals surface area contributed by atoms with Gasteiger partial charge < -0.3 is 51.4 Å². The largest absolute Gasteiger partial charge is 0.455 e. The van der Waals surface area contributed by atoms with Crippen molar-refractivity contribution in [1.82, 2.24) is 66.8 Å². The molecule has 1 aromatic carbocycles. The van der Waals surface area contributed by atoms with Crippen molar-refractivity contribution in [1.29, 1.82) is 0 Å². The van der Waals surface area contributed by atoms with Gasteiger partial charge in [-0.3, -0.25) is 33.6 Å². The van der Waals surface area contributed by atoms with Gasteiger partial charge in [0, 0.05) is 66.0 Å². The zero-order valence-electron chi connectivity index (χ0n) is 50.3. The van der Waals surface area contributed by atoms with E-state index in [4.69, 9.17) is 49.1 Å². The molecule has 7 N–H and O–H groups in total. The quantitative estimate of drug-likeness (QED) is 0.0371. The zero-order chi connectivity index (χ0) is 64.4. The summed E-state index contributed by atoms with van der Waals surface area (Å²) in [5, 5.41) is 28.9. The number of fused-ring (bicyclic) bond motifs is 14. The summed E-state index contributed by atoms with van der Waals surface area (Å²) in [7, 11) is 2.93. The second-order valence-electron chi connectivity index (χ2n) is 21.7. The number of benzene rings is 1. The van der Waals surface area contributed by atoms with Crippen LogP contribution in [0.25, 0.3) is 43.4 Å². The number of aryl methyl sites for hydroxylation is 1. The van der Waals surface area contributed by atoms with E-state index in [2.05, 4.69) is 37.2 Å². The van der Waals surface area contributed by atoms with Gasteiger partial charge >= 0.3 is 12.1 Å². The van der Waals surface area contributed by atoms with E-state index in [0.29, 0.717) is 93.9 Å². The van der Waals surface area contributed by atoms with Crippen LogP contribution in [0, 0.1) is 12.8 Å². The molecule has 0 saturated heterocycles. The lowest BCUT2D eigenvalue weighted by atomic mass is 10.0. The maximum atomic E-state index is 14.4. The molecule has 90 heavy (non-hydrogen) atoms. The predicted molar refractivity (Wildman–Crippen MR) is 343 cm³/mol. The summed E-state index contributed by atoms with van der Waals surface area (Å²) in [5.41, 5.74) is 2.05. The van der Waals surface area contributed by atoms with Gasteiger partial charge in [-0.1, -0.05) is 44.2 Å². The number of unbranched alkanes of at least 4 members (excludes halogenated alkanes) is 1. The van der Waals surface area contributed by atoms with E-state index in [1.807, 2.05) is 13.8 Å². The van der Waals surface area contributed by atoms with Crippen molar-refractivity contribution >= 4 is 121 Å². The fourth-order valence-electron chi connectivity index (χ4n) is 9.06. The number of nitrogens with zero attached hydrogens (tertiary/aromatic N) is 7. The summed E-state index contributed by atoms with van der Waals surface area (Å²) in [5.74, 6) is -3.78. The van der Waals surface area contributed by atoms with Crippen molar-refractivity contribution in [3.8, 4) is 43.4 Å². The summed E-state index contributed by atoms with van der Waals surface area (Å²) >= 11 is 7.16. The van der Waals surface area contributed by atoms with Gasteiger partial charge in [-0.25, -0.2) is 39.7 Å². The minimum atomic E-state index is -1.09. The Morgan fingerprint density at radius 3 is 2.13 bits per heavy atom. The minimum Gasteiger partial charge on any atom is -0.455 e. The molecule has 1 aliphatic heterocycles. The number of nitrogens with one attached hydrogen (secondary N) is 7. The lowest BCUT2D eigenvalue weighted by Crippen LogP contribution is -2.41. The van der Waals surface area contributed by atoms with Crippen LogP contribution in [0.5, 0.6) is 0 Å². The first-order valence-electron chi connectivity index (χ1n) is 28.2. The molecule has 8 aromatic rings. The van der Waals surface area contributed by atoms with Gasteiger partial charge in [0.05, 0.1) is 42.2 Å². The molecular formula is C59H64N14O11S6. The number of thiazole rings is 6. The molecule has 0 saturated carbocycles. The number of pyridine rings is 1. The first-order chi connectivity index (χ1) is 43.0. The normalized spacial score (nSPS) is 16.0. The second-order valence-corrected chi connectivity index (χ2v) is 27.5. The Balaban J connectivity index is 1.09. The molecule has 31 heteroatoms. The van der Waals surface area contributed by atoms with Crippen LogP contribution >= 0.6 is 68.0 Å². The topological polar surface area (TPSA) is 339 Å². The number of esters is 1. The SMILES string of the molecule is CNC(=O)C[C@@H]1NC(=O)c2csc(n2)-c2ccc(-c3nc(NC(=O)CCCCNC(=O)OC(C)(C)C)cs3)nc2-c2csc(n2)-c2csc(n2)C([C@@H](OC(C)=O)c2ccccc2)NC(=O)CNC(=O)c2nc(sc2COC)[C@H](C(C)C)NC(=O)c2nc1sc2C. The molecule has 4 atom stereocenters. The molecule has 1 aliphatic rings. The Hall–Kier alpha value is -8.33. The highest BCUT2D eigenvalue weighted by Crippen LogP contribution is 2.41. The number of aromatic nitrogens is 7. The van der Waals surface area contributed by atoms with Gasteiger partial charge in [0.2, 0.25) is 17.7 Å². The molecule has 1 unspecified atom stereocenters. The minimum absolute atomic E-state index is 0.0148. The monoisotopic (exact) mass is 1340 g/mol. The average Bonchev–Trinajstić information content (AvgIpc) is 1.61. The highest BCUT2D eigenvalue weighted by Gasteiger charge is 2.35. The summed E-state index contributed by atoms with van der Waals surface area (Å²) in [6, 6.07) is 9.56.